The highest BCUT2D eigenvalue weighted by molar-refractivity contribution is 6.30. The lowest BCUT2D eigenvalue weighted by atomic mass is 10.0. The van der Waals surface area contributed by atoms with Gasteiger partial charge in [0.05, 0.1) is 4.92 Å². The van der Waals surface area contributed by atoms with Crippen molar-refractivity contribution in [2.75, 3.05) is 0 Å². The van der Waals surface area contributed by atoms with Gasteiger partial charge in [-0.15, -0.1) is 0 Å². The van der Waals surface area contributed by atoms with Gasteiger partial charge in [0.25, 0.3) is 17.5 Å². The number of benzene rings is 3. The molecule has 0 atom stereocenters. The molecule has 34 heavy (non-hydrogen) atoms. The van der Waals surface area contributed by atoms with Gasteiger partial charge in [-0.2, -0.15) is 0 Å². The van der Waals surface area contributed by atoms with Crippen molar-refractivity contribution in [2.24, 2.45) is 0 Å². The molecule has 0 spiro atoms. The largest absolute Gasteiger partial charge is 0.478 e. The van der Waals surface area contributed by atoms with Crippen LogP contribution in [0, 0.1) is 10.1 Å². The van der Waals surface area contributed by atoms with Gasteiger partial charge in [-0.25, -0.2) is 0 Å². The molecule has 3 rings (SSSR count). The topological polar surface area (TPSA) is 128 Å². The van der Waals surface area contributed by atoms with Crippen LogP contribution >= 0.6 is 11.6 Å². The Morgan fingerprint density at radius 3 is 1.85 bits per heavy atom. The summed E-state index contributed by atoms with van der Waals surface area (Å²) in [5, 5.41) is 11.2. The van der Waals surface area contributed by atoms with Gasteiger partial charge in [-0.05, 0) is 74.5 Å². The molecule has 0 aromatic heterocycles. The van der Waals surface area contributed by atoms with Crippen LogP contribution in [-0.4, -0.2) is 28.1 Å². The maximum absolute atomic E-state index is 12.6. The second-order valence-electron chi connectivity index (χ2n) is 7.68. The highest BCUT2D eigenvalue weighted by Gasteiger charge is 2.30. The van der Waals surface area contributed by atoms with Gasteiger partial charge in [0.1, 0.15) is 5.75 Å². The number of ketones is 1. The third-order valence-electron chi connectivity index (χ3n) is 4.77. The zero-order chi connectivity index (χ0) is 24.9. The van der Waals surface area contributed by atoms with E-state index in [1.807, 2.05) is 0 Å². The molecule has 9 nitrogen and oxygen atoms in total. The summed E-state index contributed by atoms with van der Waals surface area (Å²) in [6.45, 7) is 3.01. The van der Waals surface area contributed by atoms with Crippen LogP contribution in [0.1, 0.15) is 40.1 Å². The minimum atomic E-state index is -1.37. The molecule has 3 aromatic carbocycles. The molecule has 174 valence electrons. The molecule has 0 heterocycles. The Morgan fingerprint density at radius 2 is 1.32 bits per heavy atom. The van der Waals surface area contributed by atoms with Crippen LogP contribution in [0.25, 0.3) is 0 Å². The predicted octanol–water partition coefficient (Wildman–Crippen LogP) is 4.10. The van der Waals surface area contributed by atoms with Crippen molar-refractivity contribution < 1.29 is 24.0 Å². The molecule has 0 saturated heterocycles. The summed E-state index contributed by atoms with van der Waals surface area (Å²) in [6, 6.07) is 17.7. The number of hydrogen-bond donors (Lipinski definition) is 2. The summed E-state index contributed by atoms with van der Waals surface area (Å²) in [4.78, 5) is 47.4. The van der Waals surface area contributed by atoms with Gasteiger partial charge < -0.3 is 4.74 Å². The van der Waals surface area contributed by atoms with Crippen molar-refractivity contribution in [1.29, 1.82) is 0 Å². The quantitative estimate of drug-likeness (QED) is 0.297. The summed E-state index contributed by atoms with van der Waals surface area (Å²) in [5.74, 6) is -1.13. The number of ether oxygens (including phenoxy) is 1. The Balaban J connectivity index is 1.58. The average molecular weight is 482 g/mol. The molecular formula is C24H20ClN3O6. The predicted molar refractivity (Wildman–Crippen MR) is 125 cm³/mol. The van der Waals surface area contributed by atoms with Crippen LogP contribution in [0.15, 0.2) is 72.8 Å². The first-order valence-corrected chi connectivity index (χ1v) is 10.4. The number of hydrazine groups is 1. The van der Waals surface area contributed by atoms with E-state index in [1.165, 1.54) is 38.1 Å². The molecule has 0 aliphatic carbocycles. The SMILES string of the molecule is CC(C)(Oc1ccc(C(=O)c2ccc(Cl)cc2)cc1)C(=O)NNC(=O)c1ccc([N+](=O)[O-])cc1. The van der Waals surface area contributed by atoms with Gasteiger partial charge in [-0.3, -0.25) is 35.3 Å². The summed E-state index contributed by atoms with van der Waals surface area (Å²) in [7, 11) is 0. The summed E-state index contributed by atoms with van der Waals surface area (Å²) in [5.41, 5.74) is 4.04. The number of non-ortho nitro benzene ring substituents is 1. The van der Waals surface area contributed by atoms with E-state index in [9.17, 15) is 24.5 Å². The molecule has 3 aromatic rings. The zero-order valence-corrected chi connectivity index (χ0v) is 19.0. The first kappa shape index (κ1) is 24.4. The number of halogens is 1. The number of amides is 2. The minimum Gasteiger partial charge on any atom is -0.478 e. The van der Waals surface area contributed by atoms with Gasteiger partial charge >= 0.3 is 0 Å². The number of carbonyl (C=O) groups excluding carboxylic acids is 3. The zero-order valence-electron chi connectivity index (χ0n) is 18.2. The molecule has 10 heteroatoms. The number of nitrogens with one attached hydrogen (secondary N) is 2. The van der Waals surface area contributed by atoms with E-state index in [2.05, 4.69) is 10.9 Å². The molecule has 0 aliphatic heterocycles. The fraction of sp³-hybridized carbons (Fsp3) is 0.125. The van der Waals surface area contributed by atoms with Crippen molar-refractivity contribution >= 4 is 34.9 Å². The Bertz CT molecular complexity index is 1220. The lowest BCUT2D eigenvalue weighted by molar-refractivity contribution is -0.384. The number of nitrogens with zero attached hydrogens (tertiary/aromatic N) is 1. The molecule has 2 amide bonds. The van der Waals surface area contributed by atoms with Gasteiger partial charge in [-0.1, -0.05) is 11.6 Å². The first-order chi connectivity index (χ1) is 16.1. The first-order valence-electron chi connectivity index (χ1n) is 10.0. The fourth-order valence-electron chi connectivity index (χ4n) is 2.85. The highest BCUT2D eigenvalue weighted by Crippen LogP contribution is 2.21. The minimum absolute atomic E-state index is 0.130. The van der Waals surface area contributed by atoms with E-state index in [0.29, 0.717) is 21.9 Å². The van der Waals surface area contributed by atoms with Crippen LogP contribution in [0.3, 0.4) is 0 Å². The van der Waals surface area contributed by atoms with E-state index in [-0.39, 0.29) is 17.0 Å². The van der Waals surface area contributed by atoms with Crippen LogP contribution in [-0.2, 0) is 4.79 Å². The summed E-state index contributed by atoms with van der Waals surface area (Å²) < 4.78 is 5.73. The van der Waals surface area contributed by atoms with Crippen molar-refractivity contribution in [3.63, 3.8) is 0 Å². The third-order valence-corrected chi connectivity index (χ3v) is 5.02. The van der Waals surface area contributed by atoms with Crippen LogP contribution in [0.2, 0.25) is 5.02 Å². The van der Waals surface area contributed by atoms with E-state index in [4.69, 9.17) is 16.3 Å². The van der Waals surface area contributed by atoms with Crippen LogP contribution < -0.4 is 15.6 Å². The molecular weight excluding hydrogens is 462 g/mol. The molecule has 0 bridgehead atoms. The average Bonchev–Trinajstić information content (AvgIpc) is 2.82. The number of nitro groups is 1. The lowest BCUT2D eigenvalue weighted by Crippen LogP contribution is -2.53. The molecule has 2 N–H and O–H groups in total. The summed E-state index contributed by atoms with van der Waals surface area (Å²) >= 11 is 5.85. The molecule has 0 fully saturated rings. The fourth-order valence-corrected chi connectivity index (χ4v) is 2.98. The van der Waals surface area contributed by atoms with Gasteiger partial charge in [0.2, 0.25) is 0 Å². The number of rotatable bonds is 7. The lowest BCUT2D eigenvalue weighted by Gasteiger charge is -2.25. The highest BCUT2D eigenvalue weighted by atomic mass is 35.5. The standard InChI is InChI=1S/C24H20ClN3O6/c1-24(2,23(31)27-26-22(30)17-5-11-19(12-6-17)28(32)33)34-20-13-7-16(8-14-20)21(29)15-3-9-18(25)10-4-15/h3-14H,1-2H3,(H,26,30)(H,27,31). The van der Waals surface area contributed by atoms with Crippen molar-refractivity contribution in [1.82, 2.24) is 10.9 Å². The summed E-state index contributed by atoms with van der Waals surface area (Å²) in [6.07, 6.45) is 0. The number of hydrogen-bond acceptors (Lipinski definition) is 6. The Morgan fingerprint density at radius 1 is 0.824 bits per heavy atom. The van der Waals surface area contributed by atoms with Gasteiger partial charge in [0.15, 0.2) is 11.4 Å². The van der Waals surface area contributed by atoms with Crippen molar-refractivity contribution in [3.05, 3.63) is 105 Å². The second kappa shape index (κ2) is 10.1. The molecule has 0 saturated carbocycles. The molecule has 0 unspecified atom stereocenters. The maximum atomic E-state index is 12.6. The number of carbonyl (C=O) groups is 3. The Hall–Kier alpha value is -4.24. The third kappa shape index (κ3) is 5.96. The molecule has 0 radical (unpaired) electrons. The normalized spacial score (nSPS) is 10.8. The smallest absolute Gasteiger partial charge is 0.281 e. The second-order valence-corrected chi connectivity index (χ2v) is 8.12. The van der Waals surface area contributed by atoms with E-state index < -0.39 is 22.3 Å². The van der Waals surface area contributed by atoms with E-state index in [1.54, 1.807) is 48.5 Å². The van der Waals surface area contributed by atoms with Crippen LogP contribution in [0.4, 0.5) is 5.69 Å². The van der Waals surface area contributed by atoms with Crippen molar-refractivity contribution in [2.45, 2.75) is 19.4 Å². The Labute approximate surface area is 199 Å². The monoisotopic (exact) mass is 481 g/mol. The van der Waals surface area contributed by atoms with Crippen molar-refractivity contribution in [3.8, 4) is 5.75 Å². The van der Waals surface area contributed by atoms with Gasteiger partial charge in [0, 0.05) is 33.8 Å². The maximum Gasteiger partial charge on any atom is 0.281 e. The van der Waals surface area contributed by atoms with Crippen LogP contribution in [0.5, 0.6) is 5.75 Å². The van der Waals surface area contributed by atoms with E-state index in [0.717, 1.165) is 0 Å². The molecule has 0 aliphatic rings. The Kier molecular flexibility index (Phi) is 7.28. The number of nitro benzene ring substituents is 1. The van der Waals surface area contributed by atoms with E-state index >= 15 is 0 Å².